The van der Waals surface area contributed by atoms with Crippen LogP contribution >= 0.6 is 0 Å². The summed E-state index contributed by atoms with van der Waals surface area (Å²) < 4.78 is 15.7. The molecule has 0 unspecified atom stereocenters. The normalized spacial score (nSPS) is 10.4. The number of fused-ring (bicyclic) bond motifs is 1. The molecule has 24 heavy (non-hydrogen) atoms. The maximum absolute atomic E-state index is 13.7. The number of para-hydroxylation sites is 1. The predicted molar refractivity (Wildman–Crippen MR) is 95.7 cm³/mol. The van der Waals surface area contributed by atoms with E-state index in [1.165, 1.54) is 6.07 Å². The summed E-state index contributed by atoms with van der Waals surface area (Å²) in [5, 5.41) is 0.970. The molecule has 0 amide bonds. The molecule has 1 nitrogen and oxygen atoms in total. The van der Waals surface area contributed by atoms with E-state index >= 15 is 0 Å². The first-order chi connectivity index (χ1) is 11.8. The second-order valence-corrected chi connectivity index (χ2v) is 5.52. The van der Waals surface area contributed by atoms with Crippen molar-refractivity contribution in [2.75, 3.05) is 0 Å². The number of rotatable bonds is 1. The fraction of sp³-hybridized carbons (Fsp3) is 0. The van der Waals surface area contributed by atoms with Crippen LogP contribution in [0, 0.1) is 17.7 Å². The molecule has 2 heteroatoms. The van der Waals surface area contributed by atoms with Crippen molar-refractivity contribution < 1.29 is 4.39 Å². The minimum atomic E-state index is -0.250. The summed E-state index contributed by atoms with van der Waals surface area (Å²) in [6.07, 6.45) is 0. The van der Waals surface area contributed by atoms with E-state index in [1.54, 1.807) is 12.1 Å². The lowest BCUT2D eigenvalue weighted by atomic mass is 10.2. The molecule has 0 saturated carbocycles. The molecule has 0 spiro atoms. The highest BCUT2D eigenvalue weighted by molar-refractivity contribution is 5.84. The zero-order chi connectivity index (χ0) is 16.4. The molecule has 0 saturated heterocycles. The predicted octanol–water partition coefficient (Wildman–Crippen LogP) is 5.17. The van der Waals surface area contributed by atoms with Gasteiger partial charge in [-0.15, -0.1) is 0 Å². The van der Waals surface area contributed by atoms with E-state index in [0.29, 0.717) is 0 Å². The summed E-state index contributed by atoms with van der Waals surface area (Å²) in [6.45, 7) is 0. The van der Waals surface area contributed by atoms with Crippen molar-refractivity contribution in [1.29, 1.82) is 0 Å². The van der Waals surface area contributed by atoms with Crippen LogP contribution in [0.4, 0.5) is 4.39 Å². The lowest BCUT2D eigenvalue weighted by Gasteiger charge is -2.07. The Balaban J connectivity index is 1.94. The lowest BCUT2D eigenvalue weighted by molar-refractivity contribution is 0.629. The molecule has 114 valence electrons. The van der Waals surface area contributed by atoms with Gasteiger partial charge in [0.25, 0.3) is 0 Å². The van der Waals surface area contributed by atoms with Crippen molar-refractivity contribution in [1.82, 2.24) is 4.57 Å². The van der Waals surface area contributed by atoms with Crippen molar-refractivity contribution in [2.24, 2.45) is 0 Å². The monoisotopic (exact) mass is 311 g/mol. The van der Waals surface area contributed by atoms with Crippen LogP contribution in [0.15, 0.2) is 84.9 Å². The highest BCUT2D eigenvalue weighted by Gasteiger charge is 2.09. The number of hydrogen-bond donors (Lipinski definition) is 0. The van der Waals surface area contributed by atoms with E-state index in [4.69, 9.17) is 0 Å². The van der Waals surface area contributed by atoms with E-state index in [9.17, 15) is 4.39 Å². The van der Waals surface area contributed by atoms with Crippen molar-refractivity contribution >= 4 is 10.9 Å². The van der Waals surface area contributed by atoms with Crippen molar-refractivity contribution in [3.63, 3.8) is 0 Å². The van der Waals surface area contributed by atoms with E-state index in [-0.39, 0.29) is 5.82 Å². The highest BCUT2D eigenvalue weighted by Crippen LogP contribution is 2.25. The topological polar surface area (TPSA) is 4.93 Å². The molecular weight excluding hydrogens is 297 g/mol. The molecule has 1 heterocycles. The van der Waals surface area contributed by atoms with Crippen LogP contribution in [0.1, 0.15) is 11.3 Å². The SMILES string of the molecule is Fc1ccc2cc(C#Cc3ccccc3)n(-c3ccccc3)c2c1. The Labute approximate surface area is 140 Å². The third-order valence-corrected chi connectivity index (χ3v) is 3.89. The third-order valence-electron chi connectivity index (χ3n) is 3.89. The van der Waals surface area contributed by atoms with Gasteiger partial charge in [0.05, 0.1) is 11.2 Å². The van der Waals surface area contributed by atoms with Crippen LogP contribution in [0.25, 0.3) is 16.6 Å². The van der Waals surface area contributed by atoms with Crippen molar-refractivity contribution in [2.45, 2.75) is 0 Å². The van der Waals surface area contributed by atoms with Crippen LogP contribution in [-0.2, 0) is 0 Å². The second kappa shape index (κ2) is 6.06. The Hall–Kier alpha value is -3.31. The van der Waals surface area contributed by atoms with Crippen LogP contribution in [0.5, 0.6) is 0 Å². The molecule has 4 rings (SSSR count). The summed E-state index contributed by atoms with van der Waals surface area (Å²) in [7, 11) is 0. The molecule has 0 radical (unpaired) electrons. The number of halogens is 1. The van der Waals surface area contributed by atoms with Gasteiger partial charge in [0, 0.05) is 16.6 Å². The largest absolute Gasteiger partial charge is 0.302 e. The Morgan fingerprint density at radius 3 is 2.17 bits per heavy atom. The Bertz CT molecular complexity index is 1050. The first kappa shape index (κ1) is 14.3. The van der Waals surface area contributed by atoms with Crippen LogP contribution < -0.4 is 0 Å². The third kappa shape index (κ3) is 2.68. The van der Waals surface area contributed by atoms with Gasteiger partial charge in [-0.2, -0.15) is 0 Å². The molecule has 4 aromatic rings. The van der Waals surface area contributed by atoms with E-state index in [2.05, 4.69) is 11.8 Å². The molecular formula is C22H14FN. The van der Waals surface area contributed by atoms with Crippen LogP contribution in [-0.4, -0.2) is 4.57 Å². The van der Waals surface area contributed by atoms with Gasteiger partial charge in [0.15, 0.2) is 0 Å². The lowest BCUT2D eigenvalue weighted by Crippen LogP contribution is -1.96. The zero-order valence-corrected chi connectivity index (χ0v) is 12.9. The maximum Gasteiger partial charge on any atom is 0.125 e. The molecule has 0 aliphatic rings. The Morgan fingerprint density at radius 2 is 1.42 bits per heavy atom. The molecule has 0 fully saturated rings. The van der Waals surface area contributed by atoms with E-state index < -0.39 is 0 Å². The van der Waals surface area contributed by atoms with E-state index in [0.717, 1.165) is 27.8 Å². The Morgan fingerprint density at radius 1 is 0.708 bits per heavy atom. The minimum Gasteiger partial charge on any atom is -0.302 e. The summed E-state index contributed by atoms with van der Waals surface area (Å²) in [5.41, 5.74) is 3.58. The fourth-order valence-electron chi connectivity index (χ4n) is 2.78. The smallest absolute Gasteiger partial charge is 0.125 e. The number of nitrogens with zero attached hydrogens (tertiary/aromatic N) is 1. The Kier molecular flexibility index (Phi) is 3.61. The van der Waals surface area contributed by atoms with Gasteiger partial charge in [-0.3, -0.25) is 0 Å². The highest BCUT2D eigenvalue weighted by atomic mass is 19.1. The molecule has 0 N–H and O–H groups in total. The summed E-state index contributed by atoms with van der Waals surface area (Å²) >= 11 is 0. The van der Waals surface area contributed by atoms with Gasteiger partial charge in [0.1, 0.15) is 5.82 Å². The maximum atomic E-state index is 13.7. The molecule has 3 aromatic carbocycles. The van der Waals surface area contributed by atoms with Crippen LogP contribution in [0.3, 0.4) is 0 Å². The van der Waals surface area contributed by atoms with Crippen molar-refractivity contribution in [3.05, 3.63) is 102 Å². The van der Waals surface area contributed by atoms with Crippen LogP contribution in [0.2, 0.25) is 0 Å². The second-order valence-electron chi connectivity index (χ2n) is 5.52. The first-order valence-electron chi connectivity index (χ1n) is 7.75. The fourth-order valence-corrected chi connectivity index (χ4v) is 2.78. The van der Waals surface area contributed by atoms with Gasteiger partial charge in [-0.1, -0.05) is 42.3 Å². The average molecular weight is 311 g/mol. The van der Waals surface area contributed by atoms with Gasteiger partial charge in [0.2, 0.25) is 0 Å². The standard InChI is InChI=1S/C22H14FN/c23-19-13-12-18-15-21(14-11-17-7-3-1-4-8-17)24(22(18)16-19)20-9-5-2-6-10-20/h1-10,12-13,15-16H. The number of hydrogen-bond acceptors (Lipinski definition) is 0. The number of benzene rings is 3. The minimum absolute atomic E-state index is 0.250. The summed E-state index contributed by atoms with van der Waals surface area (Å²) in [6, 6.07) is 26.6. The molecule has 0 aliphatic heterocycles. The van der Waals surface area contributed by atoms with Gasteiger partial charge < -0.3 is 4.57 Å². The molecule has 1 aromatic heterocycles. The summed E-state index contributed by atoms with van der Waals surface area (Å²) in [5.74, 6) is 6.16. The van der Waals surface area contributed by atoms with Gasteiger partial charge >= 0.3 is 0 Å². The zero-order valence-electron chi connectivity index (χ0n) is 12.9. The van der Waals surface area contributed by atoms with Gasteiger partial charge in [-0.25, -0.2) is 4.39 Å². The van der Waals surface area contributed by atoms with Gasteiger partial charge in [-0.05, 0) is 54.5 Å². The van der Waals surface area contributed by atoms with Crippen molar-refractivity contribution in [3.8, 4) is 17.5 Å². The summed E-state index contributed by atoms with van der Waals surface area (Å²) in [4.78, 5) is 0. The molecule has 0 atom stereocenters. The number of aromatic nitrogens is 1. The first-order valence-corrected chi connectivity index (χ1v) is 7.75. The average Bonchev–Trinajstić information content (AvgIpc) is 2.99. The molecule has 0 aliphatic carbocycles. The van der Waals surface area contributed by atoms with E-state index in [1.807, 2.05) is 71.3 Å². The molecule has 0 bridgehead atoms. The quantitative estimate of drug-likeness (QED) is 0.427.